The number of benzene rings is 2. The maximum Gasteiger partial charge on any atom is 0.303 e. The van der Waals surface area contributed by atoms with Crippen LogP contribution in [-0.4, -0.2) is 53.0 Å². The number of carboxylic acid groups (broad SMARTS) is 1. The van der Waals surface area contributed by atoms with Gasteiger partial charge in [-0.05, 0) is 41.5 Å². The van der Waals surface area contributed by atoms with E-state index in [-0.39, 0.29) is 38.0 Å². The lowest BCUT2D eigenvalue weighted by Crippen LogP contribution is -2.49. The molecule has 2 aromatic heterocycles. The summed E-state index contributed by atoms with van der Waals surface area (Å²) in [5.41, 5.74) is 5.30. The highest BCUT2D eigenvalue weighted by Crippen LogP contribution is 2.28. The van der Waals surface area contributed by atoms with Crippen LogP contribution in [0.4, 0.5) is 0 Å². The van der Waals surface area contributed by atoms with E-state index in [9.17, 15) is 28.8 Å². The predicted molar refractivity (Wildman–Crippen MR) is 161 cm³/mol. The molecule has 42 heavy (non-hydrogen) atoms. The molecule has 0 saturated heterocycles. The van der Waals surface area contributed by atoms with E-state index >= 15 is 0 Å². The SMILES string of the molecule is NC(=O)CC[C@@H](CC(=O)c1cc2ccccc2s1)C(=O)NCC(NC(=O)c1cc2ccccc2s1)C(=O)CCC(=O)O. The van der Waals surface area contributed by atoms with E-state index in [1.54, 1.807) is 12.1 Å². The van der Waals surface area contributed by atoms with Crippen LogP contribution in [0.5, 0.6) is 0 Å². The molecule has 0 radical (unpaired) electrons. The Kier molecular flexibility index (Phi) is 10.2. The van der Waals surface area contributed by atoms with Gasteiger partial charge in [0.2, 0.25) is 11.8 Å². The summed E-state index contributed by atoms with van der Waals surface area (Å²) < 4.78 is 1.81. The average molecular weight is 608 g/mol. The van der Waals surface area contributed by atoms with Crippen molar-refractivity contribution in [3.63, 3.8) is 0 Å². The van der Waals surface area contributed by atoms with Crippen LogP contribution in [-0.2, 0) is 19.2 Å². The number of primary amides is 1. The molecule has 12 heteroatoms. The number of hydrogen-bond donors (Lipinski definition) is 4. The number of hydrogen-bond acceptors (Lipinski definition) is 8. The van der Waals surface area contributed by atoms with Crippen molar-refractivity contribution in [1.82, 2.24) is 10.6 Å². The summed E-state index contributed by atoms with van der Waals surface area (Å²) in [6, 6.07) is 17.1. The number of thiophene rings is 2. The minimum atomic E-state index is -1.21. The highest BCUT2D eigenvalue weighted by Gasteiger charge is 2.28. The van der Waals surface area contributed by atoms with Crippen LogP contribution in [0.2, 0.25) is 0 Å². The first-order valence-electron chi connectivity index (χ1n) is 13.2. The van der Waals surface area contributed by atoms with Gasteiger partial charge in [-0.2, -0.15) is 0 Å². The van der Waals surface area contributed by atoms with Crippen molar-refractivity contribution in [1.29, 1.82) is 0 Å². The number of carbonyl (C=O) groups is 6. The number of ketones is 2. The summed E-state index contributed by atoms with van der Waals surface area (Å²) in [7, 11) is 0. The quantitative estimate of drug-likeness (QED) is 0.148. The molecule has 0 fully saturated rings. The first-order valence-corrected chi connectivity index (χ1v) is 14.9. The van der Waals surface area contributed by atoms with Crippen LogP contribution in [0, 0.1) is 5.92 Å². The Bertz CT molecular complexity index is 1590. The number of rotatable bonds is 15. The van der Waals surface area contributed by atoms with Gasteiger partial charge in [0, 0.05) is 41.1 Å². The molecular formula is C30H29N3O7S2. The summed E-state index contributed by atoms with van der Waals surface area (Å²) in [6.45, 7) is -0.321. The van der Waals surface area contributed by atoms with Crippen molar-refractivity contribution in [3.8, 4) is 0 Å². The lowest BCUT2D eigenvalue weighted by molar-refractivity contribution is -0.138. The van der Waals surface area contributed by atoms with E-state index in [2.05, 4.69) is 10.6 Å². The van der Waals surface area contributed by atoms with Gasteiger partial charge >= 0.3 is 5.97 Å². The molecule has 0 aliphatic carbocycles. The summed E-state index contributed by atoms with van der Waals surface area (Å²) in [5.74, 6) is -4.67. The molecule has 0 aliphatic heterocycles. The molecule has 0 bridgehead atoms. The summed E-state index contributed by atoms with van der Waals surface area (Å²) in [5, 5.41) is 16.0. The number of Topliss-reactive ketones (excluding diaryl/α,β-unsaturated/α-hetero) is 2. The van der Waals surface area contributed by atoms with Gasteiger partial charge in [-0.3, -0.25) is 28.8 Å². The second kappa shape index (κ2) is 14.0. The largest absolute Gasteiger partial charge is 0.481 e. The van der Waals surface area contributed by atoms with Gasteiger partial charge in [0.1, 0.15) is 6.04 Å². The van der Waals surface area contributed by atoms with Crippen LogP contribution >= 0.6 is 22.7 Å². The molecule has 0 spiro atoms. The van der Waals surface area contributed by atoms with Crippen molar-refractivity contribution in [3.05, 3.63) is 70.4 Å². The summed E-state index contributed by atoms with van der Waals surface area (Å²) in [4.78, 5) is 75.6. The number of fused-ring (bicyclic) bond motifs is 2. The fraction of sp³-hybridized carbons (Fsp3) is 0.267. The zero-order chi connectivity index (χ0) is 30.2. The number of aliphatic carboxylic acids is 1. The van der Waals surface area contributed by atoms with E-state index in [0.29, 0.717) is 9.75 Å². The molecule has 2 heterocycles. The Balaban J connectivity index is 1.46. The van der Waals surface area contributed by atoms with Gasteiger partial charge < -0.3 is 21.5 Å². The van der Waals surface area contributed by atoms with Crippen molar-refractivity contribution in [2.45, 2.75) is 38.1 Å². The molecule has 4 rings (SSSR count). The topological polar surface area (TPSA) is 173 Å². The van der Waals surface area contributed by atoms with Crippen molar-refractivity contribution < 1.29 is 33.9 Å². The van der Waals surface area contributed by atoms with Gasteiger partial charge in [-0.15, -0.1) is 22.7 Å². The van der Waals surface area contributed by atoms with E-state index in [4.69, 9.17) is 10.8 Å². The molecule has 2 aromatic carbocycles. The molecule has 218 valence electrons. The first kappa shape index (κ1) is 30.5. The maximum atomic E-state index is 13.2. The Hall–Kier alpha value is -4.42. The van der Waals surface area contributed by atoms with Gasteiger partial charge in [0.05, 0.1) is 16.2 Å². The van der Waals surface area contributed by atoms with Crippen LogP contribution in [0.3, 0.4) is 0 Å². The van der Waals surface area contributed by atoms with Gasteiger partial charge in [-0.25, -0.2) is 0 Å². The zero-order valence-electron chi connectivity index (χ0n) is 22.5. The number of nitrogens with one attached hydrogen (secondary N) is 2. The summed E-state index contributed by atoms with van der Waals surface area (Å²) >= 11 is 2.54. The number of nitrogens with two attached hydrogens (primary N) is 1. The maximum absolute atomic E-state index is 13.2. The van der Waals surface area contributed by atoms with E-state index < -0.39 is 47.9 Å². The molecule has 0 saturated carbocycles. The third-order valence-corrected chi connectivity index (χ3v) is 8.92. The third kappa shape index (κ3) is 8.08. The smallest absolute Gasteiger partial charge is 0.303 e. The molecule has 4 aromatic rings. The van der Waals surface area contributed by atoms with Crippen LogP contribution < -0.4 is 16.4 Å². The van der Waals surface area contributed by atoms with Gasteiger partial charge in [0.15, 0.2) is 11.6 Å². The minimum absolute atomic E-state index is 0.0174. The van der Waals surface area contributed by atoms with Crippen LogP contribution in [0.1, 0.15) is 51.4 Å². The van der Waals surface area contributed by atoms with E-state index in [0.717, 1.165) is 20.2 Å². The number of carbonyl (C=O) groups excluding carboxylic acids is 5. The lowest BCUT2D eigenvalue weighted by atomic mass is 9.95. The third-order valence-electron chi connectivity index (χ3n) is 6.65. The number of amides is 3. The van der Waals surface area contributed by atoms with Crippen LogP contribution in [0.25, 0.3) is 20.2 Å². The van der Waals surface area contributed by atoms with Gasteiger partial charge in [0.25, 0.3) is 5.91 Å². The average Bonchev–Trinajstić information content (AvgIpc) is 3.60. The second-order valence-electron chi connectivity index (χ2n) is 9.76. The molecule has 5 N–H and O–H groups in total. The molecule has 2 atom stereocenters. The summed E-state index contributed by atoms with van der Waals surface area (Å²) in [6.07, 6.45) is -1.08. The van der Waals surface area contributed by atoms with E-state index in [1.807, 2.05) is 48.5 Å². The second-order valence-corrected chi connectivity index (χ2v) is 11.9. The molecular weight excluding hydrogens is 578 g/mol. The normalized spacial score (nSPS) is 12.5. The van der Waals surface area contributed by atoms with E-state index in [1.165, 1.54) is 22.7 Å². The standard InChI is InChI=1S/C30H29N3O7S2/c31-27(36)11-9-19(13-22(35)25-14-17-5-1-3-7-23(17)41-25)29(39)32-16-20(21(34)10-12-28(37)38)33-30(40)26-15-18-6-2-4-8-24(18)42-26/h1-8,14-15,19-20H,9-13,16H2,(H2,31,36)(H,32,39)(H,33,40)(H,37,38)/t19-,20?/m0/s1. The first-order chi connectivity index (χ1) is 20.1. The predicted octanol–water partition coefficient (Wildman–Crippen LogP) is 3.92. The monoisotopic (exact) mass is 607 g/mol. The number of carboxylic acids is 1. The Morgan fingerprint density at radius 3 is 2.00 bits per heavy atom. The highest BCUT2D eigenvalue weighted by molar-refractivity contribution is 7.21. The molecule has 10 nitrogen and oxygen atoms in total. The fourth-order valence-electron chi connectivity index (χ4n) is 4.41. The lowest BCUT2D eigenvalue weighted by Gasteiger charge is -2.20. The van der Waals surface area contributed by atoms with Crippen molar-refractivity contribution in [2.75, 3.05) is 6.54 Å². The fourth-order valence-corrected chi connectivity index (χ4v) is 6.38. The zero-order valence-corrected chi connectivity index (χ0v) is 24.1. The van der Waals surface area contributed by atoms with Crippen molar-refractivity contribution in [2.24, 2.45) is 11.7 Å². The van der Waals surface area contributed by atoms with Crippen molar-refractivity contribution >= 4 is 78.1 Å². The minimum Gasteiger partial charge on any atom is -0.481 e. The molecule has 1 unspecified atom stereocenters. The van der Waals surface area contributed by atoms with Gasteiger partial charge in [-0.1, -0.05) is 36.4 Å². The molecule has 3 amide bonds. The Morgan fingerprint density at radius 1 is 0.810 bits per heavy atom. The highest BCUT2D eigenvalue weighted by atomic mass is 32.1. The molecule has 0 aliphatic rings. The Labute approximate surface area is 248 Å². The Morgan fingerprint density at radius 2 is 1.40 bits per heavy atom. The van der Waals surface area contributed by atoms with Crippen LogP contribution in [0.15, 0.2) is 60.7 Å².